The first-order valence-corrected chi connectivity index (χ1v) is 11.8. The molecule has 0 atom stereocenters. The van der Waals surface area contributed by atoms with Gasteiger partial charge in [-0.1, -0.05) is 29.3 Å². The second-order valence-electron chi connectivity index (χ2n) is 7.53. The van der Waals surface area contributed by atoms with Gasteiger partial charge < -0.3 is 15.1 Å². The molecule has 0 saturated heterocycles. The number of furan rings is 1. The van der Waals surface area contributed by atoms with Crippen LogP contribution in [0.3, 0.4) is 0 Å². The summed E-state index contributed by atoms with van der Waals surface area (Å²) in [5, 5.41) is 9.54. The predicted octanol–water partition coefficient (Wildman–Crippen LogP) is 7.03. The van der Waals surface area contributed by atoms with Crippen LogP contribution >= 0.6 is 35.4 Å². The number of hydrogen-bond acceptors (Lipinski definition) is 4. The lowest BCUT2D eigenvalue weighted by Gasteiger charge is -2.10. The predicted molar refractivity (Wildman–Crippen MR) is 148 cm³/mol. The molecule has 1 aromatic heterocycles. The van der Waals surface area contributed by atoms with E-state index in [9.17, 15) is 9.59 Å². The monoisotopic (exact) mass is 535 g/mol. The Labute approximate surface area is 222 Å². The van der Waals surface area contributed by atoms with Gasteiger partial charge in [0.2, 0.25) is 5.91 Å². The summed E-state index contributed by atoms with van der Waals surface area (Å²) < 4.78 is 5.74. The Morgan fingerprint density at radius 1 is 0.806 bits per heavy atom. The third-order valence-corrected chi connectivity index (χ3v) is 5.57. The van der Waals surface area contributed by atoms with Crippen molar-refractivity contribution in [3.63, 3.8) is 0 Å². The Balaban J connectivity index is 1.27. The maximum atomic E-state index is 12.3. The smallest absolute Gasteiger partial charge is 0.255 e. The lowest BCUT2D eigenvalue weighted by Crippen LogP contribution is -2.32. The van der Waals surface area contributed by atoms with Gasteiger partial charge in [0, 0.05) is 38.6 Å². The van der Waals surface area contributed by atoms with Crippen LogP contribution in [0.5, 0.6) is 0 Å². The summed E-state index contributed by atoms with van der Waals surface area (Å²) in [6.45, 7) is 0. The van der Waals surface area contributed by atoms with Gasteiger partial charge >= 0.3 is 0 Å². The van der Waals surface area contributed by atoms with Gasteiger partial charge in [-0.2, -0.15) is 0 Å². The molecule has 0 fully saturated rings. The van der Waals surface area contributed by atoms with Crippen molar-refractivity contribution in [2.75, 3.05) is 10.6 Å². The zero-order chi connectivity index (χ0) is 25.5. The van der Waals surface area contributed by atoms with Crippen LogP contribution in [0.1, 0.15) is 16.1 Å². The Morgan fingerprint density at radius 2 is 1.50 bits per heavy atom. The molecule has 0 aliphatic heterocycles. The maximum Gasteiger partial charge on any atom is 0.255 e. The van der Waals surface area contributed by atoms with E-state index in [0.29, 0.717) is 38.5 Å². The van der Waals surface area contributed by atoms with Crippen LogP contribution in [0.2, 0.25) is 10.0 Å². The van der Waals surface area contributed by atoms with Crippen molar-refractivity contribution in [2.45, 2.75) is 0 Å². The molecular formula is C27H19Cl2N3O3S. The maximum absolute atomic E-state index is 12.3. The molecule has 0 aliphatic rings. The Hall–Kier alpha value is -3.91. The average Bonchev–Trinajstić information content (AvgIpc) is 3.33. The van der Waals surface area contributed by atoms with E-state index >= 15 is 0 Å². The first kappa shape index (κ1) is 25.2. The fraction of sp³-hybridized carbons (Fsp3) is 0. The highest BCUT2D eigenvalue weighted by molar-refractivity contribution is 7.80. The molecule has 0 saturated carbocycles. The van der Waals surface area contributed by atoms with E-state index in [1.807, 2.05) is 18.2 Å². The molecule has 6 nitrogen and oxygen atoms in total. The third kappa shape index (κ3) is 7.05. The van der Waals surface area contributed by atoms with Gasteiger partial charge in [0.15, 0.2) is 5.11 Å². The van der Waals surface area contributed by atoms with Crippen molar-refractivity contribution in [1.29, 1.82) is 0 Å². The number of carbonyl (C=O) groups is 2. The van der Waals surface area contributed by atoms with Crippen molar-refractivity contribution < 1.29 is 14.0 Å². The SMILES string of the molecule is O=C(C=Cc1ccc(-c2ccc(Cl)cc2)o1)NC(=S)Nc1ccc(NC(=O)c2cccc(Cl)c2)cc1. The molecule has 1 heterocycles. The van der Waals surface area contributed by atoms with Crippen LogP contribution in [0, 0.1) is 0 Å². The number of thiocarbonyl (C=S) groups is 1. The van der Waals surface area contributed by atoms with Crippen LogP contribution in [-0.2, 0) is 4.79 Å². The van der Waals surface area contributed by atoms with Crippen molar-refractivity contribution in [3.8, 4) is 11.3 Å². The molecule has 9 heteroatoms. The van der Waals surface area contributed by atoms with Gasteiger partial charge in [0.05, 0.1) is 0 Å². The van der Waals surface area contributed by atoms with Crippen molar-refractivity contribution in [2.24, 2.45) is 0 Å². The van der Waals surface area contributed by atoms with Crippen molar-refractivity contribution in [1.82, 2.24) is 5.32 Å². The van der Waals surface area contributed by atoms with E-state index in [-0.39, 0.29) is 11.0 Å². The molecule has 0 aliphatic carbocycles. The van der Waals surface area contributed by atoms with Gasteiger partial charge in [0.1, 0.15) is 11.5 Å². The zero-order valence-electron chi connectivity index (χ0n) is 18.6. The van der Waals surface area contributed by atoms with Crippen LogP contribution < -0.4 is 16.0 Å². The van der Waals surface area contributed by atoms with Crippen LogP contribution in [0.15, 0.2) is 95.4 Å². The average molecular weight is 536 g/mol. The summed E-state index contributed by atoms with van der Waals surface area (Å²) >= 11 is 17.1. The quantitative estimate of drug-likeness (QED) is 0.182. The van der Waals surface area contributed by atoms with Crippen molar-refractivity contribution in [3.05, 3.63) is 112 Å². The molecule has 180 valence electrons. The number of halogens is 2. The van der Waals surface area contributed by atoms with Gasteiger partial charge in [-0.05, 0) is 97.2 Å². The number of benzene rings is 3. The lowest BCUT2D eigenvalue weighted by molar-refractivity contribution is -0.115. The zero-order valence-corrected chi connectivity index (χ0v) is 21.0. The second-order valence-corrected chi connectivity index (χ2v) is 8.81. The third-order valence-electron chi connectivity index (χ3n) is 4.88. The highest BCUT2D eigenvalue weighted by Gasteiger charge is 2.08. The Bertz CT molecular complexity index is 1430. The fourth-order valence-electron chi connectivity index (χ4n) is 3.16. The summed E-state index contributed by atoms with van der Waals surface area (Å²) in [5.74, 6) is 0.493. The largest absolute Gasteiger partial charge is 0.457 e. The molecule has 0 bridgehead atoms. The fourth-order valence-corrected chi connectivity index (χ4v) is 3.69. The summed E-state index contributed by atoms with van der Waals surface area (Å²) in [4.78, 5) is 24.6. The Kier molecular flexibility index (Phi) is 8.17. The van der Waals surface area contributed by atoms with E-state index in [0.717, 1.165) is 5.56 Å². The first-order valence-electron chi connectivity index (χ1n) is 10.7. The number of nitrogens with one attached hydrogen (secondary N) is 3. The summed E-state index contributed by atoms with van der Waals surface area (Å²) in [6.07, 6.45) is 2.88. The molecule has 0 radical (unpaired) electrons. The van der Waals surface area contributed by atoms with Gasteiger partial charge in [0.25, 0.3) is 5.91 Å². The molecule has 0 spiro atoms. The lowest BCUT2D eigenvalue weighted by atomic mass is 10.2. The normalized spacial score (nSPS) is 10.7. The second kappa shape index (κ2) is 11.7. The van der Waals surface area contributed by atoms with Gasteiger partial charge in [-0.15, -0.1) is 0 Å². The van der Waals surface area contributed by atoms with Gasteiger partial charge in [-0.3, -0.25) is 14.9 Å². The minimum absolute atomic E-state index is 0.127. The van der Waals surface area contributed by atoms with E-state index in [4.69, 9.17) is 39.8 Å². The molecular weight excluding hydrogens is 517 g/mol. The number of anilines is 2. The Morgan fingerprint density at radius 3 is 2.19 bits per heavy atom. The van der Waals surface area contributed by atoms with Crippen LogP contribution in [0.25, 0.3) is 17.4 Å². The standard InChI is InChI=1S/C27H19Cl2N3O3S/c28-19-6-4-17(5-7-19)24-14-12-23(35-24)13-15-25(33)32-27(36)31-22-10-8-21(9-11-22)30-26(34)18-2-1-3-20(29)16-18/h1-16H,(H,30,34)(H2,31,32,33,36). The van der Waals surface area contributed by atoms with Crippen molar-refractivity contribution >= 4 is 69.8 Å². The number of amides is 2. The number of hydrogen-bond donors (Lipinski definition) is 3. The highest BCUT2D eigenvalue weighted by Crippen LogP contribution is 2.24. The topological polar surface area (TPSA) is 83.4 Å². The minimum atomic E-state index is -0.414. The highest BCUT2D eigenvalue weighted by atomic mass is 35.5. The summed E-state index contributed by atoms with van der Waals surface area (Å²) in [7, 11) is 0. The molecule has 0 unspecified atom stereocenters. The summed E-state index contributed by atoms with van der Waals surface area (Å²) in [5.41, 5.74) is 2.57. The van der Waals surface area contributed by atoms with Crippen LogP contribution in [0.4, 0.5) is 11.4 Å². The number of carbonyl (C=O) groups excluding carboxylic acids is 2. The molecule has 4 rings (SSSR count). The molecule has 36 heavy (non-hydrogen) atoms. The van der Waals surface area contributed by atoms with Crippen LogP contribution in [-0.4, -0.2) is 16.9 Å². The molecule has 2 amide bonds. The minimum Gasteiger partial charge on any atom is -0.457 e. The van der Waals surface area contributed by atoms with E-state index in [2.05, 4.69) is 16.0 Å². The van der Waals surface area contributed by atoms with E-state index in [1.165, 1.54) is 6.08 Å². The first-order chi connectivity index (χ1) is 17.4. The molecule has 3 N–H and O–H groups in total. The van der Waals surface area contributed by atoms with E-state index in [1.54, 1.807) is 72.8 Å². The van der Waals surface area contributed by atoms with Gasteiger partial charge in [-0.25, -0.2) is 0 Å². The van der Waals surface area contributed by atoms with E-state index < -0.39 is 5.91 Å². The molecule has 4 aromatic rings. The summed E-state index contributed by atoms with van der Waals surface area (Å²) in [6, 6.07) is 24.4. The number of rotatable bonds is 6. The molecule has 3 aromatic carbocycles.